The number of hydrogen-bond acceptors (Lipinski definition) is 5. The van der Waals surface area contributed by atoms with Gasteiger partial charge in [-0.05, 0) is 55.2 Å². The average molecular weight is 464 g/mol. The van der Waals surface area contributed by atoms with Crippen LogP contribution >= 0.6 is 0 Å². The first-order valence-electron chi connectivity index (χ1n) is 11.4. The molecule has 7 nitrogen and oxygen atoms in total. The summed E-state index contributed by atoms with van der Waals surface area (Å²) in [6.45, 7) is 8.65. The van der Waals surface area contributed by atoms with Gasteiger partial charge in [0.05, 0.1) is 11.1 Å². The van der Waals surface area contributed by atoms with E-state index >= 15 is 0 Å². The van der Waals surface area contributed by atoms with E-state index in [-0.39, 0.29) is 17.9 Å². The largest absolute Gasteiger partial charge is 0.457 e. The molecule has 0 fully saturated rings. The number of amides is 1. The van der Waals surface area contributed by atoms with Gasteiger partial charge in [0.1, 0.15) is 29.3 Å². The van der Waals surface area contributed by atoms with Gasteiger partial charge in [-0.25, -0.2) is 9.97 Å². The fraction of sp³-hybridized carbons (Fsp3) is 0.179. The molecule has 0 radical (unpaired) electrons. The van der Waals surface area contributed by atoms with Crippen molar-refractivity contribution in [2.45, 2.75) is 26.4 Å². The molecule has 1 amide bonds. The molecule has 3 heterocycles. The molecule has 1 aliphatic rings. The number of rotatable bonds is 5. The fourth-order valence-electron chi connectivity index (χ4n) is 4.70. The number of nitrogens with two attached hydrogens (primary N) is 1. The third-order valence-electron chi connectivity index (χ3n) is 6.32. The quantitative estimate of drug-likeness (QED) is 0.420. The van der Waals surface area contributed by atoms with Crippen LogP contribution in [0.25, 0.3) is 27.7 Å². The van der Waals surface area contributed by atoms with Gasteiger partial charge < -0.3 is 20.4 Å². The topological polar surface area (TPSA) is 95.1 Å². The highest BCUT2D eigenvalue weighted by Gasteiger charge is 2.36. The molecule has 174 valence electrons. The summed E-state index contributed by atoms with van der Waals surface area (Å²) in [7, 11) is 0. The van der Waals surface area contributed by atoms with Gasteiger partial charge in [0.15, 0.2) is 0 Å². The number of nitrogens with one attached hydrogen (secondary N) is 1. The van der Waals surface area contributed by atoms with Gasteiger partial charge in [-0.3, -0.25) is 4.79 Å². The van der Waals surface area contributed by atoms with E-state index < -0.39 is 0 Å². The minimum absolute atomic E-state index is 0.00682. The van der Waals surface area contributed by atoms with E-state index in [1.165, 1.54) is 6.33 Å². The summed E-state index contributed by atoms with van der Waals surface area (Å²) in [5.74, 6) is 6.79. The summed E-state index contributed by atoms with van der Waals surface area (Å²) < 4.78 is 8.08. The molecule has 2 atom stereocenters. The number of fused-ring (bicyclic) bond motifs is 3. The van der Waals surface area contributed by atoms with Crippen LogP contribution in [0.2, 0.25) is 0 Å². The van der Waals surface area contributed by atoms with Gasteiger partial charge in [-0.2, -0.15) is 0 Å². The molecule has 3 N–H and O–H groups in total. The molecule has 4 aromatic rings. The summed E-state index contributed by atoms with van der Waals surface area (Å²) in [4.78, 5) is 20.9. The SMILES string of the molecule is C=C1c2c(-c3ccc(Oc4ccccc4)cc3)c3c(N)ncnc3n2C[C@@H]1[C@@H](C)NC(=O)C#CC. The van der Waals surface area contributed by atoms with Crippen LogP contribution in [0.15, 0.2) is 67.5 Å². The molecular weight excluding hydrogens is 438 g/mol. The number of para-hydroxylation sites is 1. The third-order valence-corrected chi connectivity index (χ3v) is 6.32. The van der Waals surface area contributed by atoms with Crippen LogP contribution < -0.4 is 15.8 Å². The van der Waals surface area contributed by atoms with E-state index in [1.807, 2.05) is 61.5 Å². The van der Waals surface area contributed by atoms with Gasteiger partial charge in [-0.1, -0.05) is 42.8 Å². The highest BCUT2D eigenvalue weighted by molar-refractivity contribution is 6.06. The van der Waals surface area contributed by atoms with E-state index in [0.717, 1.165) is 44.9 Å². The second-order valence-electron chi connectivity index (χ2n) is 8.50. The van der Waals surface area contributed by atoms with Crippen LogP contribution in [0.5, 0.6) is 11.5 Å². The van der Waals surface area contributed by atoms with Crippen molar-refractivity contribution in [3.05, 3.63) is 73.2 Å². The van der Waals surface area contributed by atoms with Crippen molar-refractivity contribution in [1.29, 1.82) is 0 Å². The minimum atomic E-state index is -0.296. The smallest absolute Gasteiger partial charge is 0.296 e. The predicted octanol–water partition coefficient (Wildman–Crippen LogP) is 4.64. The third kappa shape index (κ3) is 4.00. The summed E-state index contributed by atoms with van der Waals surface area (Å²) in [6.07, 6.45) is 1.48. The van der Waals surface area contributed by atoms with Crippen molar-refractivity contribution in [3.63, 3.8) is 0 Å². The van der Waals surface area contributed by atoms with Crippen LogP contribution in [0, 0.1) is 17.8 Å². The van der Waals surface area contributed by atoms with E-state index in [0.29, 0.717) is 12.4 Å². The lowest BCUT2D eigenvalue weighted by Crippen LogP contribution is -2.37. The van der Waals surface area contributed by atoms with Crippen molar-refractivity contribution in [2.75, 3.05) is 5.73 Å². The standard InChI is InChI=1S/C28H25N5O2/c1-4-8-23(34)32-18(3)22-15-33-26(17(22)2)24(25-27(29)30-16-31-28(25)33)19-11-13-21(14-12-19)35-20-9-6-5-7-10-20/h5-7,9-14,16,18,22H,2,15H2,1,3H3,(H,32,34)(H2,29,30,31)/t18-,22+/m1/s1. The maximum atomic E-state index is 12.1. The summed E-state index contributed by atoms with van der Waals surface area (Å²) in [5.41, 5.74) is 10.9. The highest BCUT2D eigenvalue weighted by atomic mass is 16.5. The number of carbonyl (C=O) groups excluding carboxylic acids is 1. The Hall–Kier alpha value is -4.57. The zero-order chi connectivity index (χ0) is 24.5. The number of benzene rings is 2. The maximum absolute atomic E-state index is 12.1. The molecule has 0 saturated heterocycles. The number of aromatic nitrogens is 3. The molecule has 0 bridgehead atoms. The van der Waals surface area contributed by atoms with Crippen LogP contribution in [0.1, 0.15) is 19.5 Å². The Labute approximate surface area is 203 Å². The Bertz CT molecular complexity index is 1490. The van der Waals surface area contributed by atoms with Gasteiger partial charge in [0, 0.05) is 24.1 Å². The average Bonchev–Trinajstić information content (AvgIpc) is 3.36. The molecule has 2 aromatic carbocycles. The summed E-state index contributed by atoms with van der Waals surface area (Å²) in [6, 6.07) is 17.4. The minimum Gasteiger partial charge on any atom is -0.457 e. The Kier molecular flexibility index (Phi) is 5.71. The number of hydrogen-bond donors (Lipinski definition) is 2. The lowest BCUT2D eigenvalue weighted by atomic mass is 9.90. The number of nitrogen functional groups attached to an aromatic ring is 1. The number of ether oxygens (including phenoxy) is 1. The molecule has 7 heteroatoms. The molecular formula is C28H25N5O2. The van der Waals surface area contributed by atoms with E-state index in [1.54, 1.807) is 6.92 Å². The molecule has 35 heavy (non-hydrogen) atoms. The van der Waals surface area contributed by atoms with Crippen molar-refractivity contribution in [3.8, 4) is 34.5 Å². The van der Waals surface area contributed by atoms with Crippen molar-refractivity contribution < 1.29 is 9.53 Å². The predicted molar refractivity (Wildman–Crippen MR) is 137 cm³/mol. The van der Waals surface area contributed by atoms with Gasteiger partial charge in [0.25, 0.3) is 5.91 Å². The summed E-state index contributed by atoms with van der Waals surface area (Å²) >= 11 is 0. The molecule has 2 aromatic heterocycles. The lowest BCUT2D eigenvalue weighted by molar-refractivity contribution is -0.116. The van der Waals surface area contributed by atoms with Crippen LogP contribution in [-0.4, -0.2) is 26.5 Å². The maximum Gasteiger partial charge on any atom is 0.296 e. The molecule has 0 saturated carbocycles. The zero-order valence-electron chi connectivity index (χ0n) is 19.6. The first-order valence-corrected chi connectivity index (χ1v) is 11.4. The van der Waals surface area contributed by atoms with Gasteiger partial charge >= 0.3 is 0 Å². The van der Waals surface area contributed by atoms with Gasteiger partial charge in [0.2, 0.25) is 0 Å². The van der Waals surface area contributed by atoms with Crippen LogP contribution in [0.4, 0.5) is 5.82 Å². The molecule has 1 aliphatic heterocycles. The molecule has 0 aliphatic carbocycles. The second kappa shape index (κ2) is 8.99. The van der Waals surface area contributed by atoms with E-state index in [9.17, 15) is 4.79 Å². The number of carbonyl (C=O) groups is 1. The first kappa shape index (κ1) is 22.2. The Morgan fingerprint density at radius 2 is 1.89 bits per heavy atom. The van der Waals surface area contributed by atoms with Crippen molar-refractivity contribution >= 4 is 28.3 Å². The molecule has 0 spiro atoms. The number of anilines is 1. The Morgan fingerprint density at radius 3 is 2.60 bits per heavy atom. The number of nitrogens with zero attached hydrogens (tertiary/aromatic N) is 3. The zero-order valence-corrected chi connectivity index (χ0v) is 19.6. The summed E-state index contributed by atoms with van der Waals surface area (Å²) in [5, 5.41) is 3.76. The first-order chi connectivity index (χ1) is 17.0. The van der Waals surface area contributed by atoms with Crippen LogP contribution in [0.3, 0.4) is 0 Å². The van der Waals surface area contributed by atoms with Crippen molar-refractivity contribution in [1.82, 2.24) is 19.9 Å². The fourth-order valence-corrected chi connectivity index (χ4v) is 4.70. The molecule has 0 unspecified atom stereocenters. The second-order valence-corrected chi connectivity index (χ2v) is 8.50. The lowest BCUT2D eigenvalue weighted by Gasteiger charge is -2.21. The Morgan fingerprint density at radius 1 is 1.17 bits per heavy atom. The van der Waals surface area contributed by atoms with Crippen molar-refractivity contribution in [2.24, 2.45) is 5.92 Å². The van der Waals surface area contributed by atoms with Crippen LogP contribution in [-0.2, 0) is 11.3 Å². The van der Waals surface area contributed by atoms with Gasteiger partial charge in [-0.15, -0.1) is 0 Å². The van der Waals surface area contributed by atoms with E-state index in [2.05, 4.69) is 38.3 Å². The monoisotopic (exact) mass is 463 g/mol. The Balaban J connectivity index is 1.54. The van der Waals surface area contributed by atoms with E-state index in [4.69, 9.17) is 10.5 Å². The molecule has 5 rings (SSSR count). The normalized spacial score (nSPS) is 15.3. The highest BCUT2D eigenvalue weighted by Crippen LogP contribution is 2.46.